The summed E-state index contributed by atoms with van der Waals surface area (Å²) < 4.78 is 41.0. The Morgan fingerprint density at radius 1 is 1.00 bits per heavy atom. The van der Waals surface area contributed by atoms with Gasteiger partial charge in [0, 0.05) is 6.54 Å². The number of hydrogen-bond acceptors (Lipinski definition) is 2. The van der Waals surface area contributed by atoms with Crippen LogP contribution >= 0.6 is 0 Å². The van der Waals surface area contributed by atoms with E-state index in [1.165, 1.54) is 12.1 Å². The summed E-state index contributed by atoms with van der Waals surface area (Å²) in [6, 6.07) is 9.98. The average Bonchev–Trinajstić information content (AvgIpc) is 2.47. The molecule has 0 amide bonds. The third-order valence-corrected chi connectivity index (χ3v) is 5.98. The van der Waals surface area contributed by atoms with E-state index in [-0.39, 0.29) is 17.8 Å². The van der Waals surface area contributed by atoms with E-state index >= 15 is 0 Å². The van der Waals surface area contributed by atoms with Gasteiger partial charge in [0.15, 0.2) is 0 Å². The Labute approximate surface area is 150 Å². The second-order valence-corrected chi connectivity index (χ2v) is 9.17. The van der Waals surface area contributed by atoms with Gasteiger partial charge in [0.05, 0.1) is 4.90 Å². The first-order valence-electron chi connectivity index (χ1n) is 8.36. The predicted molar refractivity (Wildman–Crippen MR) is 99.9 cm³/mol. The average molecular weight is 363 g/mol. The molecular weight excluding hydrogens is 337 g/mol. The lowest BCUT2D eigenvalue weighted by atomic mass is 9.85. The van der Waals surface area contributed by atoms with Crippen LogP contribution in [0.3, 0.4) is 0 Å². The maximum absolute atomic E-state index is 12.9. The Kier molecular flexibility index (Phi) is 5.69. The quantitative estimate of drug-likeness (QED) is 0.863. The summed E-state index contributed by atoms with van der Waals surface area (Å²) in [6.07, 6.45) is 0.512. The second kappa shape index (κ2) is 7.26. The van der Waals surface area contributed by atoms with Crippen LogP contribution in [0.15, 0.2) is 41.3 Å². The summed E-state index contributed by atoms with van der Waals surface area (Å²) in [4.78, 5) is 0.347. The first-order valence-corrected chi connectivity index (χ1v) is 9.85. The normalized spacial score (nSPS) is 12.4. The highest BCUT2D eigenvalue weighted by Crippen LogP contribution is 2.29. The minimum Gasteiger partial charge on any atom is -0.211 e. The zero-order chi connectivity index (χ0) is 18.8. The molecule has 1 N–H and O–H groups in total. The molecule has 0 unspecified atom stereocenters. The molecule has 0 fully saturated rings. The molecule has 136 valence electrons. The fourth-order valence-corrected chi connectivity index (χ4v) is 4.34. The van der Waals surface area contributed by atoms with E-state index in [1.807, 2.05) is 26.0 Å². The summed E-state index contributed by atoms with van der Waals surface area (Å²) in [5.41, 5.74) is 3.47. The highest BCUT2D eigenvalue weighted by Gasteiger charge is 2.22. The van der Waals surface area contributed by atoms with Crippen LogP contribution in [0.2, 0.25) is 0 Å². The first-order chi connectivity index (χ1) is 11.5. The molecule has 0 aliphatic rings. The molecule has 0 saturated carbocycles. The van der Waals surface area contributed by atoms with Crippen molar-refractivity contribution in [2.75, 3.05) is 6.54 Å². The second-order valence-electron chi connectivity index (χ2n) is 7.46. The molecule has 3 nitrogen and oxygen atoms in total. The van der Waals surface area contributed by atoms with Crippen LogP contribution in [-0.2, 0) is 21.9 Å². The molecule has 5 heteroatoms. The molecule has 0 saturated heterocycles. The van der Waals surface area contributed by atoms with E-state index in [0.29, 0.717) is 11.3 Å². The summed E-state index contributed by atoms with van der Waals surface area (Å²) >= 11 is 0. The molecule has 0 aliphatic carbocycles. The summed E-state index contributed by atoms with van der Waals surface area (Å²) in [7, 11) is -3.59. The Bertz CT molecular complexity index is 827. The van der Waals surface area contributed by atoms with E-state index < -0.39 is 10.0 Å². The van der Waals surface area contributed by atoms with Gasteiger partial charge in [-0.3, -0.25) is 0 Å². The fourth-order valence-electron chi connectivity index (χ4n) is 2.86. The Morgan fingerprint density at radius 2 is 1.52 bits per heavy atom. The van der Waals surface area contributed by atoms with Crippen LogP contribution in [0.1, 0.15) is 43.0 Å². The molecule has 0 aromatic heterocycles. The number of halogens is 1. The smallest absolute Gasteiger partial charge is 0.211 e. The van der Waals surface area contributed by atoms with Crippen molar-refractivity contribution in [3.05, 3.63) is 64.5 Å². The van der Waals surface area contributed by atoms with Crippen molar-refractivity contribution in [2.45, 2.75) is 51.3 Å². The van der Waals surface area contributed by atoms with Crippen molar-refractivity contribution in [1.82, 2.24) is 4.72 Å². The molecule has 25 heavy (non-hydrogen) atoms. The zero-order valence-electron chi connectivity index (χ0n) is 15.5. The van der Waals surface area contributed by atoms with Crippen LogP contribution in [0.4, 0.5) is 4.39 Å². The standard InChI is InChI=1S/C20H26FNO2S/c1-14-12-17(20(3,4)5)13-15(2)19(14)25(23,24)22-11-10-16-6-8-18(21)9-7-16/h6-9,12-13,22H,10-11H2,1-5H3. The van der Waals surface area contributed by atoms with Gasteiger partial charge in [0.25, 0.3) is 0 Å². The van der Waals surface area contributed by atoms with E-state index in [9.17, 15) is 12.8 Å². The van der Waals surface area contributed by atoms with Gasteiger partial charge in [-0.25, -0.2) is 17.5 Å². The maximum Gasteiger partial charge on any atom is 0.241 e. The number of hydrogen-bond donors (Lipinski definition) is 1. The fraction of sp³-hybridized carbons (Fsp3) is 0.400. The number of nitrogens with one attached hydrogen (secondary N) is 1. The van der Waals surface area contributed by atoms with E-state index in [0.717, 1.165) is 22.3 Å². The molecule has 2 aromatic carbocycles. The van der Waals surface area contributed by atoms with Crippen molar-refractivity contribution in [2.24, 2.45) is 0 Å². The van der Waals surface area contributed by atoms with Crippen LogP contribution in [0.5, 0.6) is 0 Å². The van der Waals surface area contributed by atoms with Gasteiger partial charge < -0.3 is 0 Å². The van der Waals surface area contributed by atoms with Gasteiger partial charge in [0.2, 0.25) is 10.0 Å². The Hall–Kier alpha value is -1.72. The van der Waals surface area contributed by atoms with Crippen molar-refractivity contribution in [3.8, 4) is 0 Å². The molecular formula is C20H26FNO2S. The molecule has 0 atom stereocenters. The topological polar surface area (TPSA) is 46.2 Å². The van der Waals surface area contributed by atoms with Crippen molar-refractivity contribution < 1.29 is 12.8 Å². The van der Waals surface area contributed by atoms with Crippen LogP contribution in [-0.4, -0.2) is 15.0 Å². The van der Waals surface area contributed by atoms with Gasteiger partial charge in [-0.05, 0) is 60.1 Å². The van der Waals surface area contributed by atoms with Gasteiger partial charge >= 0.3 is 0 Å². The molecule has 0 spiro atoms. The summed E-state index contributed by atoms with van der Waals surface area (Å²) in [6.45, 7) is 10.3. The molecule has 0 bridgehead atoms. The third-order valence-electron chi connectivity index (χ3n) is 4.21. The Morgan fingerprint density at radius 3 is 2.00 bits per heavy atom. The number of benzene rings is 2. The zero-order valence-corrected chi connectivity index (χ0v) is 16.3. The minimum atomic E-state index is -3.59. The molecule has 2 rings (SSSR count). The maximum atomic E-state index is 12.9. The highest BCUT2D eigenvalue weighted by molar-refractivity contribution is 7.89. The van der Waals surface area contributed by atoms with Gasteiger partial charge in [-0.15, -0.1) is 0 Å². The van der Waals surface area contributed by atoms with Crippen LogP contribution < -0.4 is 4.72 Å². The number of aryl methyl sites for hydroxylation is 2. The lowest BCUT2D eigenvalue weighted by Crippen LogP contribution is -2.27. The molecule has 0 aliphatic heterocycles. The van der Waals surface area contributed by atoms with Crippen molar-refractivity contribution >= 4 is 10.0 Å². The van der Waals surface area contributed by atoms with Crippen molar-refractivity contribution in [1.29, 1.82) is 0 Å². The van der Waals surface area contributed by atoms with Gasteiger partial charge in [-0.1, -0.05) is 45.0 Å². The van der Waals surface area contributed by atoms with Crippen LogP contribution in [0, 0.1) is 19.7 Å². The van der Waals surface area contributed by atoms with E-state index in [1.54, 1.807) is 12.1 Å². The Balaban J connectivity index is 2.17. The monoisotopic (exact) mass is 363 g/mol. The number of rotatable bonds is 5. The molecule has 0 radical (unpaired) electrons. The minimum absolute atomic E-state index is 0.0339. The van der Waals surface area contributed by atoms with Gasteiger partial charge in [0.1, 0.15) is 5.82 Å². The highest BCUT2D eigenvalue weighted by atomic mass is 32.2. The largest absolute Gasteiger partial charge is 0.241 e. The molecule has 0 heterocycles. The van der Waals surface area contributed by atoms with Gasteiger partial charge in [-0.2, -0.15) is 0 Å². The lowest BCUT2D eigenvalue weighted by Gasteiger charge is -2.22. The van der Waals surface area contributed by atoms with Crippen molar-refractivity contribution in [3.63, 3.8) is 0 Å². The third kappa shape index (κ3) is 4.89. The summed E-state index contributed by atoms with van der Waals surface area (Å²) in [5.74, 6) is -0.297. The summed E-state index contributed by atoms with van der Waals surface area (Å²) in [5, 5.41) is 0. The SMILES string of the molecule is Cc1cc(C(C)(C)C)cc(C)c1S(=O)(=O)NCCc1ccc(F)cc1. The number of sulfonamides is 1. The van der Waals surface area contributed by atoms with E-state index in [2.05, 4.69) is 25.5 Å². The van der Waals surface area contributed by atoms with Crippen LogP contribution in [0.25, 0.3) is 0 Å². The van der Waals surface area contributed by atoms with E-state index in [4.69, 9.17) is 0 Å². The lowest BCUT2D eigenvalue weighted by molar-refractivity contribution is 0.576. The predicted octanol–water partition coefficient (Wildman–Crippen LogP) is 4.26. The first kappa shape index (κ1) is 19.6. The molecule has 2 aromatic rings.